The first-order valence-electron chi connectivity index (χ1n) is 6.30. The second-order valence-corrected chi connectivity index (χ2v) is 6.37. The minimum Gasteiger partial charge on any atom is -0.263 e. The van der Waals surface area contributed by atoms with E-state index >= 15 is 0 Å². The molecule has 0 atom stereocenters. The van der Waals surface area contributed by atoms with E-state index in [1.165, 1.54) is 17.4 Å². The monoisotopic (exact) mass is 375 g/mol. The molecule has 0 unspecified atom stereocenters. The van der Waals surface area contributed by atoms with Crippen LogP contribution in [0.3, 0.4) is 0 Å². The number of halogens is 2. The van der Waals surface area contributed by atoms with E-state index in [2.05, 4.69) is 36.2 Å². The van der Waals surface area contributed by atoms with E-state index in [0.717, 1.165) is 15.0 Å². The van der Waals surface area contributed by atoms with Gasteiger partial charge in [0, 0.05) is 22.4 Å². The average Bonchev–Trinajstić information content (AvgIpc) is 3.08. The Bertz CT molecular complexity index is 980. The molecule has 3 aromatic heterocycles. The fraction of sp³-hybridized carbons (Fsp3) is 0. The smallest absolute Gasteiger partial charge is 0.235 e. The normalized spacial score (nSPS) is 11.2. The number of fused-ring (bicyclic) bond motifs is 1. The highest BCUT2D eigenvalue weighted by Crippen LogP contribution is 2.29. The molecule has 0 aliphatic carbocycles. The molecule has 1 aromatic carbocycles. The molecule has 0 radical (unpaired) electrons. The third-order valence-corrected chi connectivity index (χ3v) is 4.44. The summed E-state index contributed by atoms with van der Waals surface area (Å²) in [6.45, 7) is 0. The second kappa shape index (κ2) is 5.22. The van der Waals surface area contributed by atoms with Gasteiger partial charge in [0.1, 0.15) is 10.8 Å². The van der Waals surface area contributed by atoms with Gasteiger partial charge in [-0.2, -0.15) is 9.61 Å². The Morgan fingerprint density at radius 3 is 2.82 bits per heavy atom. The fourth-order valence-corrected chi connectivity index (χ4v) is 3.26. The summed E-state index contributed by atoms with van der Waals surface area (Å²) in [6, 6.07) is 8.36. The molecular weight excluding hydrogens is 369 g/mol. The first kappa shape index (κ1) is 13.5. The van der Waals surface area contributed by atoms with E-state index in [1.807, 2.05) is 6.07 Å². The van der Waals surface area contributed by atoms with Crippen molar-refractivity contribution in [1.82, 2.24) is 24.8 Å². The van der Waals surface area contributed by atoms with E-state index < -0.39 is 0 Å². The quantitative estimate of drug-likeness (QED) is 0.534. The lowest BCUT2D eigenvalue weighted by molar-refractivity contribution is 0.629. The van der Waals surface area contributed by atoms with Crippen LogP contribution in [0.25, 0.3) is 26.9 Å². The van der Waals surface area contributed by atoms with Gasteiger partial charge in [-0.25, -0.2) is 4.39 Å². The number of hydrogen-bond donors (Lipinski definition) is 0. The van der Waals surface area contributed by atoms with E-state index in [0.29, 0.717) is 16.3 Å². The van der Waals surface area contributed by atoms with Gasteiger partial charge in [-0.15, -0.1) is 10.2 Å². The average molecular weight is 376 g/mol. The Morgan fingerprint density at radius 1 is 1.14 bits per heavy atom. The minimum absolute atomic E-state index is 0.351. The van der Waals surface area contributed by atoms with Crippen LogP contribution in [0.1, 0.15) is 0 Å². The van der Waals surface area contributed by atoms with Crippen LogP contribution in [0.5, 0.6) is 0 Å². The summed E-state index contributed by atoms with van der Waals surface area (Å²) in [7, 11) is 0. The maximum absolute atomic E-state index is 13.9. The molecule has 8 heteroatoms. The molecule has 0 N–H and O–H groups in total. The van der Waals surface area contributed by atoms with Gasteiger partial charge < -0.3 is 0 Å². The topological polar surface area (TPSA) is 56.0 Å². The summed E-state index contributed by atoms with van der Waals surface area (Å²) in [4.78, 5) is 4.73. The van der Waals surface area contributed by atoms with Crippen molar-refractivity contribution in [2.24, 2.45) is 0 Å². The molecule has 0 aliphatic rings. The third kappa shape index (κ3) is 2.20. The van der Waals surface area contributed by atoms with Crippen molar-refractivity contribution >= 4 is 32.2 Å². The largest absolute Gasteiger partial charge is 0.263 e. The molecule has 4 rings (SSSR count). The summed E-state index contributed by atoms with van der Waals surface area (Å²) in [5.74, 6) is 0.0361. The molecule has 108 valence electrons. The molecule has 3 heterocycles. The molecule has 22 heavy (non-hydrogen) atoms. The van der Waals surface area contributed by atoms with Crippen molar-refractivity contribution in [1.29, 1.82) is 0 Å². The van der Waals surface area contributed by atoms with Gasteiger partial charge in [0.25, 0.3) is 0 Å². The predicted octanol–water partition coefficient (Wildman–Crippen LogP) is 3.82. The van der Waals surface area contributed by atoms with Gasteiger partial charge in [-0.1, -0.05) is 23.5 Å². The van der Waals surface area contributed by atoms with E-state index in [9.17, 15) is 4.39 Å². The van der Waals surface area contributed by atoms with Crippen LogP contribution in [-0.2, 0) is 0 Å². The molecule has 4 aromatic rings. The van der Waals surface area contributed by atoms with E-state index in [4.69, 9.17) is 0 Å². The molecule has 0 aliphatic heterocycles. The maximum atomic E-state index is 13.9. The fourth-order valence-electron chi connectivity index (χ4n) is 2.07. The summed E-state index contributed by atoms with van der Waals surface area (Å²) in [6.07, 6.45) is 3.42. The summed E-state index contributed by atoms with van der Waals surface area (Å²) in [5.41, 5.74) is 1.24. The van der Waals surface area contributed by atoms with E-state index in [1.54, 1.807) is 35.1 Å². The van der Waals surface area contributed by atoms with Gasteiger partial charge in [0.2, 0.25) is 4.96 Å². The van der Waals surface area contributed by atoms with Gasteiger partial charge in [0.15, 0.2) is 5.82 Å². The molecule has 0 saturated heterocycles. The standard InChI is InChI=1S/C14H7BrFN5S/c15-9-5-8(6-17-7-9)13-20-21-12(18-19-14(21)22-13)10-3-1-2-4-11(10)16/h1-7H. The van der Waals surface area contributed by atoms with Gasteiger partial charge in [0.05, 0.1) is 5.56 Å². The Hall–Kier alpha value is -2.19. The Balaban J connectivity index is 1.88. The zero-order chi connectivity index (χ0) is 15.1. The third-order valence-electron chi connectivity index (χ3n) is 3.06. The summed E-state index contributed by atoms with van der Waals surface area (Å²) < 4.78 is 16.4. The Morgan fingerprint density at radius 2 is 2.00 bits per heavy atom. The van der Waals surface area contributed by atoms with Crippen LogP contribution in [0, 0.1) is 5.82 Å². The summed E-state index contributed by atoms with van der Waals surface area (Å²) >= 11 is 4.76. The first-order chi connectivity index (χ1) is 10.7. The highest BCUT2D eigenvalue weighted by atomic mass is 79.9. The molecular formula is C14H7BrFN5S. The van der Waals surface area contributed by atoms with Crippen LogP contribution < -0.4 is 0 Å². The Labute approximate surface area is 136 Å². The molecule has 0 saturated carbocycles. The number of rotatable bonds is 2. The SMILES string of the molecule is Fc1ccccc1-c1nnc2sc(-c3cncc(Br)c3)nn12. The van der Waals surface area contributed by atoms with Gasteiger partial charge in [-0.05, 0) is 34.1 Å². The van der Waals surface area contributed by atoms with Crippen molar-refractivity contribution in [3.8, 4) is 22.0 Å². The number of pyridine rings is 1. The predicted molar refractivity (Wildman–Crippen MR) is 85.0 cm³/mol. The van der Waals surface area contributed by atoms with Crippen LogP contribution in [0.4, 0.5) is 4.39 Å². The number of hydrogen-bond acceptors (Lipinski definition) is 5. The molecule has 0 bridgehead atoms. The van der Waals surface area contributed by atoms with Crippen LogP contribution in [-0.4, -0.2) is 24.8 Å². The van der Waals surface area contributed by atoms with E-state index in [-0.39, 0.29) is 5.82 Å². The molecule has 0 spiro atoms. The highest BCUT2D eigenvalue weighted by Gasteiger charge is 2.16. The lowest BCUT2D eigenvalue weighted by Crippen LogP contribution is -1.93. The van der Waals surface area contributed by atoms with Crippen LogP contribution in [0.15, 0.2) is 47.2 Å². The lowest BCUT2D eigenvalue weighted by Gasteiger charge is -1.98. The van der Waals surface area contributed by atoms with Crippen molar-refractivity contribution < 1.29 is 4.39 Å². The summed E-state index contributed by atoms with van der Waals surface area (Å²) in [5, 5.41) is 13.3. The highest BCUT2D eigenvalue weighted by molar-refractivity contribution is 9.10. The van der Waals surface area contributed by atoms with Crippen molar-refractivity contribution in [2.75, 3.05) is 0 Å². The van der Waals surface area contributed by atoms with Crippen molar-refractivity contribution in [3.63, 3.8) is 0 Å². The second-order valence-electron chi connectivity index (χ2n) is 4.50. The van der Waals surface area contributed by atoms with Crippen LogP contribution in [0.2, 0.25) is 0 Å². The Kier molecular flexibility index (Phi) is 3.20. The minimum atomic E-state index is -0.351. The first-order valence-corrected chi connectivity index (χ1v) is 7.91. The lowest BCUT2D eigenvalue weighted by atomic mass is 10.2. The van der Waals surface area contributed by atoms with Crippen molar-refractivity contribution in [2.45, 2.75) is 0 Å². The van der Waals surface area contributed by atoms with Crippen LogP contribution >= 0.6 is 27.3 Å². The number of aromatic nitrogens is 5. The molecule has 0 amide bonds. The maximum Gasteiger partial charge on any atom is 0.235 e. The number of nitrogens with zero attached hydrogens (tertiary/aromatic N) is 5. The zero-order valence-electron chi connectivity index (χ0n) is 10.9. The molecule has 0 fully saturated rings. The van der Waals surface area contributed by atoms with Gasteiger partial charge in [-0.3, -0.25) is 4.98 Å². The van der Waals surface area contributed by atoms with Crippen molar-refractivity contribution in [3.05, 3.63) is 53.0 Å². The number of benzene rings is 1. The zero-order valence-corrected chi connectivity index (χ0v) is 13.3. The van der Waals surface area contributed by atoms with Gasteiger partial charge >= 0.3 is 0 Å². The molecule has 5 nitrogen and oxygen atoms in total.